The fraction of sp³-hybridized carbons (Fsp3) is 0.533. The first kappa shape index (κ1) is 14.0. The van der Waals surface area contributed by atoms with Crippen LogP contribution in [0.5, 0.6) is 0 Å². The molecule has 1 aromatic carbocycles. The summed E-state index contributed by atoms with van der Waals surface area (Å²) in [4.78, 5) is 14.2. The molecule has 2 unspecified atom stereocenters. The maximum absolute atomic E-state index is 12.5. The van der Waals surface area contributed by atoms with Gasteiger partial charge in [-0.3, -0.25) is 4.79 Å². The molecule has 1 aliphatic rings. The van der Waals surface area contributed by atoms with E-state index in [4.69, 9.17) is 10.5 Å². The number of rotatable bonds is 4. The SMILES string of the molecule is CCC1OCCC1C(=O)N(C)c1ccc(CN)cc1. The molecule has 1 heterocycles. The van der Waals surface area contributed by atoms with Crippen LogP contribution >= 0.6 is 0 Å². The molecule has 19 heavy (non-hydrogen) atoms. The second kappa shape index (κ2) is 6.17. The molecule has 0 aromatic heterocycles. The number of nitrogens with two attached hydrogens (primary N) is 1. The zero-order valence-electron chi connectivity index (χ0n) is 11.6. The molecule has 104 valence electrons. The minimum absolute atomic E-state index is 0.0100. The summed E-state index contributed by atoms with van der Waals surface area (Å²) in [6.45, 7) is 3.27. The van der Waals surface area contributed by atoms with E-state index in [-0.39, 0.29) is 17.9 Å². The average Bonchev–Trinajstić information content (AvgIpc) is 2.94. The highest BCUT2D eigenvalue weighted by Gasteiger charge is 2.34. The molecule has 4 heteroatoms. The Morgan fingerprint density at radius 3 is 2.68 bits per heavy atom. The predicted octanol–water partition coefficient (Wildman–Crippen LogP) is 1.92. The topological polar surface area (TPSA) is 55.6 Å². The Balaban J connectivity index is 2.09. The molecule has 1 aromatic rings. The van der Waals surface area contributed by atoms with Gasteiger partial charge in [0.25, 0.3) is 0 Å². The molecule has 2 N–H and O–H groups in total. The van der Waals surface area contributed by atoms with Crippen LogP contribution in [0.1, 0.15) is 25.3 Å². The number of carbonyl (C=O) groups excluding carboxylic acids is 1. The van der Waals surface area contributed by atoms with Crippen molar-refractivity contribution in [1.29, 1.82) is 0 Å². The number of ether oxygens (including phenoxy) is 1. The number of nitrogens with zero attached hydrogens (tertiary/aromatic N) is 1. The molecule has 4 nitrogen and oxygen atoms in total. The van der Waals surface area contributed by atoms with Crippen molar-refractivity contribution in [2.45, 2.75) is 32.4 Å². The van der Waals surface area contributed by atoms with Gasteiger partial charge in [0, 0.05) is 25.9 Å². The zero-order valence-corrected chi connectivity index (χ0v) is 11.6. The maximum Gasteiger partial charge on any atom is 0.232 e. The van der Waals surface area contributed by atoms with Crippen molar-refractivity contribution >= 4 is 11.6 Å². The van der Waals surface area contributed by atoms with Crippen LogP contribution in [-0.2, 0) is 16.1 Å². The van der Waals surface area contributed by atoms with Crippen LogP contribution < -0.4 is 10.6 Å². The standard InChI is InChI=1S/C15H22N2O2/c1-3-14-13(8-9-19-14)15(18)17(2)12-6-4-11(10-16)5-7-12/h4-7,13-14H,3,8-10,16H2,1-2H3. The summed E-state index contributed by atoms with van der Waals surface area (Å²) in [6.07, 6.45) is 1.78. The molecular weight excluding hydrogens is 240 g/mol. The molecule has 1 saturated heterocycles. The average molecular weight is 262 g/mol. The number of hydrogen-bond acceptors (Lipinski definition) is 3. The lowest BCUT2D eigenvalue weighted by Gasteiger charge is -2.24. The van der Waals surface area contributed by atoms with Gasteiger partial charge in [-0.2, -0.15) is 0 Å². The van der Waals surface area contributed by atoms with E-state index >= 15 is 0 Å². The van der Waals surface area contributed by atoms with E-state index in [1.165, 1.54) is 0 Å². The quantitative estimate of drug-likeness (QED) is 0.902. The van der Waals surface area contributed by atoms with Gasteiger partial charge >= 0.3 is 0 Å². The second-order valence-corrected chi connectivity index (χ2v) is 4.98. The van der Waals surface area contributed by atoms with E-state index in [1.54, 1.807) is 4.90 Å². The monoisotopic (exact) mass is 262 g/mol. The van der Waals surface area contributed by atoms with Gasteiger partial charge in [0.1, 0.15) is 0 Å². The van der Waals surface area contributed by atoms with Crippen LogP contribution in [0.25, 0.3) is 0 Å². The third-order valence-corrected chi connectivity index (χ3v) is 3.82. The lowest BCUT2D eigenvalue weighted by atomic mass is 9.98. The first-order chi connectivity index (χ1) is 9.17. The summed E-state index contributed by atoms with van der Waals surface area (Å²) in [5.41, 5.74) is 7.55. The summed E-state index contributed by atoms with van der Waals surface area (Å²) in [7, 11) is 1.82. The van der Waals surface area contributed by atoms with Crippen molar-refractivity contribution in [2.75, 3.05) is 18.6 Å². The Kier molecular flexibility index (Phi) is 4.56. The molecule has 1 fully saturated rings. The molecule has 0 saturated carbocycles. The van der Waals surface area contributed by atoms with Gasteiger partial charge in [0.05, 0.1) is 12.0 Å². The van der Waals surface area contributed by atoms with Crippen LogP contribution in [0.15, 0.2) is 24.3 Å². The first-order valence-electron chi connectivity index (χ1n) is 6.85. The van der Waals surface area contributed by atoms with Gasteiger partial charge in [-0.15, -0.1) is 0 Å². The molecule has 0 spiro atoms. The van der Waals surface area contributed by atoms with Gasteiger partial charge in [-0.05, 0) is 30.5 Å². The fourth-order valence-corrected chi connectivity index (χ4v) is 2.56. The highest BCUT2D eigenvalue weighted by molar-refractivity contribution is 5.95. The van der Waals surface area contributed by atoms with Crippen molar-refractivity contribution in [2.24, 2.45) is 11.7 Å². The first-order valence-corrected chi connectivity index (χ1v) is 6.85. The van der Waals surface area contributed by atoms with E-state index in [1.807, 2.05) is 31.3 Å². The van der Waals surface area contributed by atoms with E-state index in [9.17, 15) is 4.79 Å². The number of carbonyl (C=O) groups is 1. The lowest BCUT2D eigenvalue weighted by molar-refractivity contribution is -0.123. The molecule has 1 aliphatic heterocycles. The molecule has 0 aliphatic carbocycles. The lowest BCUT2D eigenvalue weighted by Crippen LogP contribution is -2.36. The Bertz CT molecular complexity index is 430. The summed E-state index contributed by atoms with van der Waals surface area (Å²) in [5, 5.41) is 0. The van der Waals surface area contributed by atoms with E-state index < -0.39 is 0 Å². The largest absolute Gasteiger partial charge is 0.377 e. The van der Waals surface area contributed by atoms with Crippen molar-refractivity contribution in [3.8, 4) is 0 Å². The predicted molar refractivity (Wildman–Crippen MR) is 75.9 cm³/mol. The van der Waals surface area contributed by atoms with Gasteiger partial charge < -0.3 is 15.4 Å². The summed E-state index contributed by atoms with van der Waals surface area (Å²) < 4.78 is 5.59. The van der Waals surface area contributed by atoms with Crippen molar-refractivity contribution in [3.05, 3.63) is 29.8 Å². The van der Waals surface area contributed by atoms with Crippen LogP contribution in [0.4, 0.5) is 5.69 Å². The Hall–Kier alpha value is -1.39. The van der Waals surface area contributed by atoms with Gasteiger partial charge in [-0.1, -0.05) is 19.1 Å². The van der Waals surface area contributed by atoms with Crippen LogP contribution in [0, 0.1) is 5.92 Å². The van der Waals surface area contributed by atoms with Gasteiger partial charge in [0.15, 0.2) is 0 Å². The normalized spacial score (nSPS) is 22.5. The van der Waals surface area contributed by atoms with E-state index in [0.29, 0.717) is 13.2 Å². The number of benzene rings is 1. The molecule has 1 amide bonds. The fourth-order valence-electron chi connectivity index (χ4n) is 2.56. The van der Waals surface area contributed by atoms with Gasteiger partial charge in [-0.25, -0.2) is 0 Å². The number of hydrogen-bond donors (Lipinski definition) is 1. The highest BCUT2D eigenvalue weighted by atomic mass is 16.5. The van der Waals surface area contributed by atoms with E-state index in [2.05, 4.69) is 6.92 Å². The van der Waals surface area contributed by atoms with Crippen molar-refractivity contribution in [3.63, 3.8) is 0 Å². The summed E-state index contributed by atoms with van der Waals surface area (Å²) >= 11 is 0. The number of anilines is 1. The third-order valence-electron chi connectivity index (χ3n) is 3.82. The second-order valence-electron chi connectivity index (χ2n) is 4.98. The minimum Gasteiger partial charge on any atom is -0.377 e. The van der Waals surface area contributed by atoms with Crippen molar-refractivity contribution < 1.29 is 9.53 Å². The maximum atomic E-state index is 12.5. The van der Waals surface area contributed by atoms with Gasteiger partial charge in [0.2, 0.25) is 5.91 Å². The minimum atomic E-state index is -0.0100. The van der Waals surface area contributed by atoms with Crippen LogP contribution in [-0.4, -0.2) is 25.7 Å². The molecule has 0 radical (unpaired) electrons. The smallest absolute Gasteiger partial charge is 0.232 e. The molecule has 2 atom stereocenters. The van der Waals surface area contributed by atoms with Crippen molar-refractivity contribution in [1.82, 2.24) is 0 Å². The van der Waals surface area contributed by atoms with Crippen LogP contribution in [0.2, 0.25) is 0 Å². The number of amides is 1. The molecular formula is C15H22N2O2. The molecule has 0 bridgehead atoms. The van der Waals surface area contributed by atoms with Crippen LogP contribution in [0.3, 0.4) is 0 Å². The highest BCUT2D eigenvalue weighted by Crippen LogP contribution is 2.27. The summed E-state index contributed by atoms with van der Waals surface area (Å²) in [5.74, 6) is 0.133. The van der Waals surface area contributed by atoms with E-state index in [0.717, 1.165) is 24.1 Å². The Labute approximate surface area is 114 Å². The summed E-state index contributed by atoms with van der Waals surface area (Å²) in [6, 6.07) is 7.80. The molecule has 2 rings (SSSR count). The Morgan fingerprint density at radius 2 is 2.11 bits per heavy atom. The third kappa shape index (κ3) is 2.96. The Morgan fingerprint density at radius 1 is 1.42 bits per heavy atom. The zero-order chi connectivity index (χ0) is 13.8.